The van der Waals surface area contributed by atoms with Gasteiger partial charge >= 0.3 is 0 Å². The van der Waals surface area contributed by atoms with Crippen molar-refractivity contribution >= 4 is 67.1 Å². The third-order valence-corrected chi connectivity index (χ3v) is 10.6. The number of amides is 2. The lowest BCUT2D eigenvalue weighted by atomic mass is 10.0. The van der Waals surface area contributed by atoms with Gasteiger partial charge in [-0.3, -0.25) is 9.59 Å². The Morgan fingerprint density at radius 2 is 2.03 bits per heavy atom. The van der Waals surface area contributed by atoms with Gasteiger partial charge in [-0.05, 0) is 60.9 Å². The molecule has 10 heteroatoms. The van der Waals surface area contributed by atoms with Gasteiger partial charge in [-0.2, -0.15) is 16.1 Å². The van der Waals surface area contributed by atoms with Crippen LogP contribution in [0.2, 0.25) is 0 Å². The zero-order valence-corrected chi connectivity index (χ0v) is 21.8. The number of thiophene rings is 1. The van der Waals surface area contributed by atoms with Crippen LogP contribution in [0.25, 0.3) is 10.8 Å². The van der Waals surface area contributed by atoms with Crippen LogP contribution in [0.15, 0.2) is 52.1 Å². The van der Waals surface area contributed by atoms with Crippen LogP contribution in [-0.2, 0) is 14.8 Å². The Kier molecular flexibility index (Phi) is 6.89. The number of sulfonamides is 1. The van der Waals surface area contributed by atoms with Crippen molar-refractivity contribution in [1.29, 1.82) is 0 Å². The molecule has 1 fully saturated rings. The van der Waals surface area contributed by atoms with Crippen LogP contribution in [0, 0.1) is 0 Å². The molecule has 2 aliphatic heterocycles. The fraction of sp³-hybridized carbons (Fsp3) is 0.360. The molecule has 3 heterocycles. The van der Waals surface area contributed by atoms with Crippen LogP contribution in [0.4, 0.5) is 11.4 Å². The summed E-state index contributed by atoms with van der Waals surface area (Å²) in [6.45, 7) is 0.967. The van der Waals surface area contributed by atoms with E-state index in [1.54, 1.807) is 29.3 Å². The van der Waals surface area contributed by atoms with Crippen LogP contribution in [0.5, 0.6) is 0 Å². The predicted molar refractivity (Wildman–Crippen MR) is 143 cm³/mol. The van der Waals surface area contributed by atoms with Gasteiger partial charge in [-0.1, -0.05) is 24.6 Å². The molecule has 0 radical (unpaired) electrons. The van der Waals surface area contributed by atoms with E-state index in [0.29, 0.717) is 30.8 Å². The molecule has 5 rings (SSSR count). The Labute approximate surface area is 213 Å². The van der Waals surface area contributed by atoms with Crippen molar-refractivity contribution in [2.24, 2.45) is 0 Å². The summed E-state index contributed by atoms with van der Waals surface area (Å²) in [4.78, 5) is 28.3. The van der Waals surface area contributed by atoms with Gasteiger partial charge in [0.2, 0.25) is 5.91 Å². The number of benzene rings is 2. The quantitative estimate of drug-likeness (QED) is 0.424. The molecule has 2 amide bonds. The predicted octanol–water partition coefficient (Wildman–Crippen LogP) is 4.80. The van der Waals surface area contributed by atoms with Gasteiger partial charge in [-0.25, -0.2) is 8.42 Å². The summed E-state index contributed by atoms with van der Waals surface area (Å²) in [6.07, 6.45) is 4.94. The zero-order valence-electron chi connectivity index (χ0n) is 19.4. The number of carbonyl (C=O) groups excluding carboxylic acids is 2. The standard InChI is InChI=1S/C25H27N3O4S3/c1-33-15-6-13-27-20-12-11-19(17-7-4-8-18(23(17)20)25(27)30)26-24(29)21-9-2-3-14-28(21)35(31,32)22-10-5-16-34-22/h4-5,7-8,10-12,16,21H,2-3,6,9,13-15H2,1H3,(H,26,29). The topological polar surface area (TPSA) is 86.8 Å². The maximum Gasteiger partial charge on any atom is 0.258 e. The van der Waals surface area contributed by atoms with Crippen LogP contribution in [0.1, 0.15) is 36.0 Å². The van der Waals surface area contributed by atoms with Gasteiger partial charge in [-0.15, -0.1) is 11.3 Å². The molecule has 2 aromatic carbocycles. The van der Waals surface area contributed by atoms with Crippen molar-refractivity contribution in [3.8, 4) is 0 Å². The molecular weight excluding hydrogens is 502 g/mol. The number of hydrogen-bond donors (Lipinski definition) is 1. The minimum Gasteiger partial charge on any atom is -0.324 e. The van der Waals surface area contributed by atoms with Gasteiger partial charge in [0.25, 0.3) is 15.9 Å². The maximum atomic E-state index is 13.4. The fourth-order valence-electron chi connectivity index (χ4n) is 4.94. The number of nitrogens with one attached hydrogen (secondary N) is 1. The molecule has 7 nitrogen and oxygen atoms in total. The van der Waals surface area contributed by atoms with Crippen molar-refractivity contribution in [2.45, 2.75) is 35.9 Å². The third kappa shape index (κ3) is 4.37. The average molecular weight is 530 g/mol. The van der Waals surface area contributed by atoms with E-state index >= 15 is 0 Å². The molecule has 35 heavy (non-hydrogen) atoms. The fourth-order valence-corrected chi connectivity index (χ4v) is 8.13. The first-order chi connectivity index (χ1) is 16.9. The lowest BCUT2D eigenvalue weighted by Gasteiger charge is -2.33. The summed E-state index contributed by atoms with van der Waals surface area (Å²) >= 11 is 2.92. The summed E-state index contributed by atoms with van der Waals surface area (Å²) in [6, 6.07) is 11.8. The van der Waals surface area contributed by atoms with Crippen molar-refractivity contribution in [3.63, 3.8) is 0 Å². The molecule has 0 spiro atoms. The lowest BCUT2D eigenvalue weighted by molar-refractivity contribution is -0.120. The zero-order chi connectivity index (χ0) is 24.6. The first kappa shape index (κ1) is 24.3. The molecule has 1 unspecified atom stereocenters. The molecule has 3 aromatic rings. The number of carbonyl (C=O) groups is 2. The summed E-state index contributed by atoms with van der Waals surface area (Å²) in [5.41, 5.74) is 2.09. The highest BCUT2D eigenvalue weighted by Crippen LogP contribution is 2.41. The number of nitrogens with zero attached hydrogens (tertiary/aromatic N) is 2. The molecule has 1 saturated heterocycles. The summed E-state index contributed by atoms with van der Waals surface area (Å²) in [7, 11) is -3.74. The van der Waals surface area contributed by atoms with E-state index in [4.69, 9.17) is 0 Å². The Balaban J connectivity index is 1.44. The maximum absolute atomic E-state index is 13.4. The van der Waals surface area contributed by atoms with Gasteiger partial charge in [0.05, 0.1) is 5.69 Å². The summed E-state index contributed by atoms with van der Waals surface area (Å²) in [5, 5.41) is 6.35. The first-order valence-corrected chi connectivity index (χ1v) is 15.4. The smallest absolute Gasteiger partial charge is 0.258 e. The highest BCUT2D eigenvalue weighted by Gasteiger charge is 2.38. The largest absolute Gasteiger partial charge is 0.324 e. The SMILES string of the molecule is CSCCCN1C(=O)c2cccc3c(NC(=O)C4CCCCN4S(=O)(=O)c4cccs4)ccc1c23. The van der Waals surface area contributed by atoms with Crippen LogP contribution < -0.4 is 10.2 Å². The van der Waals surface area contributed by atoms with E-state index in [9.17, 15) is 18.0 Å². The van der Waals surface area contributed by atoms with Crippen molar-refractivity contribution in [3.05, 3.63) is 53.4 Å². The second kappa shape index (κ2) is 9.93. The second-order valence-electron chi connectivity index (χ2n) is 8.71. The number of piperidine rings is 1. The number of hydrogen-bond acceptors (Lipinski definition) is 6. The Hall–Kier alpha value is -2.40. The minimum absolute atomic E-state index is 0.0179. The first-order valence-electron chi connectivity index (χ1n) is 11.7. The Bertz CT molecular complexity index is 1370. The monoisotopic (exact) mass is 529 g/mol. The van der Waals surface area contributed by atoms with Crippen molar-refractivity contribution < 1.29 is 18.0 Å². The van der Waals surface area contributed by atoms with Crippen molar-refractivity contribution in [2.75, 3.05) is 35.3 Å². The molecule has 1 aromatic heterocycles. The minimum atomic E-state index is -3.74. The van der Waals surface area contributed by atoms with Gasteiger partial charge < -0.3 is 10.2 Å². The molecule has 1 atom stereocenters. The van der Waals surface area contributed by atoms with Crippen molar-refractivity contribution in [1.82, 2.24) is 4.31 Å². The van der Waals surface area contributed by atoms with Crippen LogP contribution in [-0.4, -0.2) is 55.7 Å². The average Bonchev–Trinajstić information content (AvgIpc) is 3.51. The number of thioether (sulfide) groups is 1. The van der Waals surface area contributed by atoms with E-state index in [2.05, 4.69) is 11.6 Å². The van der Waals surface area contributed by atoms with E-state index in [-0.39, 0.29) is 16.0 Å². The van der Waals surface area contributed by atoms with Crippen LogP contribution >= 0.6 is 23.1 Å². The number of rotatable bonds is 8. The Morgan fingerprint density at radius 3 is 2.80 bits per heavy atom. The molecule has 1 N–H and O–H groups in total. The molecule has 0 saturated carbocycles. The van der Waals surface area contributed by atoms with Gasteiger partial charge in [0.1, 0.15) is 10.3 Å². The lowest BCUT2D eigenvalue weighted by Crippen LogP contribution is -2.49. The normalized spacial score (nSPS) is 18.4. The highest BCUT2D eigenvalue weighted by atomic mass is 32.2. The summed E-state index contributed by atoms with van der Waals surface area (Å²) < 4.78 is 28.0. The van der Waals surface area contributed by atoms with E-state index < -0.39 is 16.1 Å². The second-order valence-corrected chi connectivity index (χ2v) is 12.8. The molecular formula is C25H27N3O4S3. The molecule has 0 bridgehead atoms. The third-order valence-electron chi connectivity index (χ3n) is 6.59. The molecule has 2 aliphatic rings. The van der Waals surface area contributed by atoms with E-state index in [1.165, 1.54) is 4.31 Å². The highest BCUT2D eigenvalue weighted by molar-refractivity contribution is 7.98. The number of anilines is 2. The summed E-state index contributed by atoms with van der Waals surface area (Å²) in [5.74, 6) is 0.617. The molecule has 0 aliphatic carbocycles. The van der Waals surface area contributed by atoms with Gasteiger partial charge in [0, 0.05) is 35.1 Å². The van der Waals surface area contributed by atoms with Crippen LogP contribution in [0.3, 0.4) is 0 Å². The van der Waals surface area contributed by atoms with E-state index in [0.717, 1.165) is 52.8 Å². The molecule has 184 valence electrons. The van der Waals surface area contributed by atoms with Gasteiger partial charge in [0.15, 0.2) is 0 Å². The van der Waals surface area contributed by atoms with E-state index in [1.807, 2.05) is 35.2 Å². The Morgan fingerprint density at radius 1 is 1.17 bits per heavy atom.